The first-order valence-electron chi connectivity index (χ1n) is 6.59. The van der Waals surface area contributed by atoms with Crippen molar-refractivity contribution in [2.24, 2.45) is 23.2 Å². The SMILES string of the molecule is CC1(C)OCC2(CO1)[C@@H](CO)C[C@@H](CO)[C@H]2CO. The van der Waals surface area contributed by atoms with E-state index in [1.54, 1.807) is 0 Å². The van der Waals surface area contributed by atoms with Crippen LogP contribution in [0.15, 0.2) is 0 Å². The van der Waals surface area contributed by atoms with Crippen LogP contribution in [0.1, 0.15) is 20.3 Å². The molecule has 106 valence electrons. The van der Waals surface area contributed by atoms with E-state index in [0.717, 1.165) is 0 Å². The van der Waals surface area contributed by atoms with Crippen molar-refractivity contribution in [3.63, 3.8) is 0 Å². The largest absolute Gasteiger partial charge is 0.396 e. The molecule has 0 amide bonds. The van der Waals surface area contributed by atoms with Crippen molar-refractivity contribution in [3.05, 3.63) is 0 Å². The van der Waals surface area contributed by atoms with Crippen LogP contribution < -0.4 is 0 Å². The fourth-order valence-electron chi connectivity index (χ4n) is 3.48. The summed E-state index contributed by atoms with van der Waals surface area (Å²) in [6, 6.07) is 0. The fraction of sp³-hybridized carbons (Fsp3) is 1.00. The zero-order valence-electron chi connectivity index (χ0n) is 11.1. The molecule has 1 aliphatic carbocycles. The summed E-state index contributed by atoms with van der Waals surface area (Å²) in [5, 5.41) is 28.6. The summed E-state index contributed by atoms with van der Waals surface area (Å²) in [4.78, 5) is 0. The topological polar surface area (TPSA) is 79.2 Å². The maximum Gasteiger partial charge on any atom is 0.162 e. The van der Waals surface area contributed by atoms with Crippen molar-refractivity contribution in [1.82, 2.24) is 0 Å². The lowest BCUT2D eigenvalue weighted by Gasteiger charge is -2.47. The van der Waals surface area contributed by atoms with Crippen LogP contribution in [0.2, 0.25) is 0 Å². The van der Waals surface area contributed by atoms with Gasteiger partial charge >= 0.3 is 0 Å². The van der Waals surface area contributed by atoms with Gasteiger partial charge in [0.2, 0.25) is 0 Å². The minimum absolute atomic E-state index is 0.00508. The van der Waals surface area contributed by atoms with E-state index in [2.05, 4.69) is 0 Å². The summed E-state index contributed by atoms with van der Waals surface area (Å²) >= 11 is 0. The van der Waals surface area contributed by atoms with E-state index < -0.39 is 5.79 Å². The van der Waals surface area contributed by atoms with E-state index in [0.29, 0.717) is 19.6 Å². The van der Waals surface area contributed by atoms with Gasteiger partial charge < -0.3 is 24.8 Å². The van der Waals surface area contributed by atoms with Gasteiger partial charge in [-0.1, -0.05) is 0 Å². The lowest BCUT2D eigenvalue weighted by molar-refractivity contribution is -0.302. The van der Waals surface area contributed by atoms with Crippen LogP contribution in [0.25, 0.3) is 0 Å². The van der Waals surface area contributed by atoms with Crippen LogP contribution in [-0.4, -0.2) is 54.1 Å². The van der Waals surface area contributed by atoms with Gasteiger partial charge in [-0.05, 0) is 38.0 Å². The van der Waals surface area contributed by atoms with E-state index in [9.17, 15) is 15.3 Å². The molecule has 1 spiro atoms. The van der Waals surface area contributed by atoms with Crippen LogP contribution in [0.3, 0.4) is 0 Å². The lowest BCUT2D eigenvalue weighted by atomic mass is 9.72. The average Bonchev–Trinajstić information content (AvgIpc) is 2.66. The Morgan fingerprint density at radius 1 is 1.00 bits per heavy atom. The first kappa shape index (κ1) is 14.2. The third kappa shape index (κ3) is 2.18. The average molecular weight is 260 g/mol. The minimum atomic E-state index is -0.609. The second-order valence-corrected chi connectivity index (χ2v) is 6.06. The zero-order chi connectivity index (χ0) is 13.4. The summed E-state index contributed by atoms with van der Waals surface area (Å²) in [7, 11) is 0. The molecule has 5 nitrogen and oxygen atoms in total. The number of aliphatic hydroxyl groups is 3. The van der Waals surface area contributed by atoms with Gasteiger partial charge in [-0.25, -0.2) is 0 Å². The highest BCUT2D eigenvalue weighted by Gasteiger charge is 2.57. The Balaban J connectivity index is 2.22. The van der Waals surface area contributed by atoms with Crippen LogP contribution >= 0.6 is 0 Å². The molecule has 1 saturated carbocycles. The molecule has 3 N–H and O–H groups in total. The quantitative estimate of drug-likeness (QED) is 0.665. The first-order chi connectivity index (χ1) is 8.49. The Kier molecular flexibility index (Phi) is 3.99. The number of aliphatic hydroxyl groups excluding tert-OH is 3. The Hall–Kier alpha value is -0.200. The second-order valence-electron chi connectivity index (χ2n) is 6.06. The van der Waals surface area contributed by atoms with Gasteiger partial charge in [-0.15, -0.1) is 0 Å². The molecule has 0 aromatic rings. The summed E-state index contributed by atoms with van der Waals surface area (Å²) < 4.78 is 11.5. The standard InChI is InChI=1S/C13H24O5/c1-12(2)17-7-13(8-18-12)10(5-15)3-9(4-14)11(13)6-16/h9-11,14-16H,3-8H2,1-2H3/t9-,10+,11+/m0/s1. The normalized spacial score (nSPS) is 38.2. The molecule has 1 saturated heterocycles. The predicted octanol–water partition coefficient (Wildman–Crippen LogP) is -0.0151. The van der Waals surface area contributed by atoms with E-state index in [4.69, 9.17) is 9.47 Å². The highest BCUT2D eigenvalue weighted by molar-refractivity contribution is 5.03. The van der Waals surface area contributed by atoms with E-state index in [-0.39, 0.29) is 43.0 Å². The molecule has 3 atom stereocenters. The Bertz CT molecular complexity index is 281. The molecule has 0 aromatic heterocycles. The summed E-state index contributed by atoms with van der Waals surface area (Å²) in [5.41, 5.74) is -0.369. The van der Waals surface area contributed by atoms with Crippen LogP contribution in [0.5, 0.6) is 0 Å². The summed E-state index contributed by atoms with van der Waals surface area (Å²) in [6.07, 6.45) is 0.714. The Labute approximate surface area is 108 Å². The minimum Gasteiger partial charge on any atom is -0.396 e. The van der Waals surface area contributed by atoms with Crippen molar-refractivity contribution >= 4 is 0 Å². The first-order valence-corrected chi connectivity index (χ1v) is 6.59. The van der Waals surface area contributed by atoms with Gasteiger partial charge in [-0.3, -0.25) is 0 Å². The van der Waals surface area contributed by atoms with Crippen molar-refractivity contribution in [1.29, 1.82) is 0 Å². The van der Waals surface area contributed by atoms with Crippen LogP contribution in [0, 0.1) is 23.2 Å². The van der Waals surface area contributed by atoms with Gasteiger partial charge in [0.1, 0.15) is 0 Å². The Morgan fingerprint density at radius 2 is 1.61 bits per heavy atom. The number of hydrogen-bond acceptors (Lipinski definition) is 5. The van der Waals surface area contributed by atoms with Gasteiger partial charge in [0.15, 0.2) is 5.79 Å². The maximum absolute atomic E-state index is 9.62. The third-order valence-electron chi connectivity index (χ3n) is 4.74. The smallest absolute Gasteiger partial charge is 0.162 e. The summed E-state index contributed by atoms with van der Waals surface area (Å²) in [6.45, 7) is 4.72. The molecular formula is C13H24O5. The van der Waals surface area contributed by atoms with Crippen LogP contribution in [-0.2, 0) is 9.47 Å². The van der Waals surface area contributed by atoms with Crippen molar-refractivity contribution < 1.29 is 24.8 Å². The zero-order valence-corrected chi connectivity index (χ0v) is 11.1. The molecule has 0 bridgehead atoms. The Morgan fingerprint density at radius 3 is 2.06 bits per heavy atom. The van der Waals surface area contributed by atoms with E-state index in [1.807, 2.05) is 13.8 Å². The molecule has 2 aliphatic rings. The van der Waals surface area contributed by atoms with Crippen molar-refractivity contribution in [2.45, 2.75) is 26.1 Å². The molecule has 1 aliphatic heterocycles. The van der Waals surface area contributed by atoms with Crippen LogP contribution in [0.4, 0.5) is 0 Å². The predicted molar refractivity (Wildman–Crippen MR) is 64.8 cm³/mol. The van der Waals surface area contributed by atoms with Gasteiger partial charge in [0.25, 0.3) is 0 Å². The lowest BCUT2D eigenvalue weighted by Crippen LogP contribution is -2.53. The molecule has 2 rings (SSSR count). The fourth-order valence-corrected chi connectivity index (χ4v) is 3.48. The van der Waals surface area contributed by atoms with Crippen molar-refractivity contribution in [3.8, 4) is 0 Å². The molecular weight excluding hydrogens is 236 g/mol. The molecule has 0 radical (unpaired) electrons. The van der Waals surface area contributed by atoms with E-state index >= 15 is 0 Å². The molecule has 0 aromatic carbocycles. The number of ether oxygens (including phenoxy) is 2. The molecule has 5 heteroatoms. The molecule has 18 heavy (non-hydrogen) atoms. The highest BCUT2D eigenvalue weighted by Crippen LogP contribution is 2.53. The van der Waals surface area contributed by atoms with Gasteiger partial charge in [0.05, 0.1) is 13.2 Å². The summed E-state index contributed by atoms with van der Waals surface area (Å²) in [5.74, 6) is -0.651. The maximum atomic E-state index is 9.62. The second kappa shape index (κ2) is 5.06. The number of hydrogen-bond donors (Lipinski definition) is 3. The molecule has 2 fully saturated rings. The molecule has 0 unspecified atom stereocenters. The molecule has 1 heterocycles. The third-order valence-corrected chi connectivity index (χ3v) is 4.74. The van der Waals surface area contributed by atoms with Crippen molar-refractivity contribution in [2.75, 3.05) is 33.0 Å². The number of rotatable bonds is 3. The van der Waals surface area contributed by atoms with Gasteiger partial charge in [0, 0.05) is 25.2 Å². The highest BCUT2D eigenvalue weighted by atomic mass is 16.7. The monoisotopic (exact) mass is 260 g/mol. The van der Waals surface area contributed by atoms with E-state index in [1.165, 1.54) is 0 Å². The van der Waals surface area contributed by atoms with Gasteiger partial charge in [-0.2, -0.15) is 0 Å².